The van der Waals surface area contributed by atoms with Crippen molar-refractivity contribution >= 4 is 0 Å². The molecule has 18 heavy (non-hydrogen) atoms. The summed E-state index contributed by atoms with van der Waals surface area (Å²) >= 11 is 0. The van der Waals surface area contributed by atoms with Crippen LogP contribution in [0.5, 0.6) is 0 Å². The minimum Gasteiger partial charge on any atom is -0.281 e. The third-order valence-corrected chi connectivity index (χ3v) is 2.97. The van der Waals surface area contributed by atoms with Crippen molar-refractivity contribution in [2.24, 2.45) is 0 Å². The molecule has 1 N–H and O–H groups in total. The third-order valence-electron chi connectivity index (χ3n) is 2.97. The molecule has 92 valence electrons. The number of hydrogen-bond acceptors (Lipinski definition) is 2. The smallest absolute Gasteiger partial charge is 0.0923 e. The summed E-state index contributed by atoms with van der Waals surface area (Å²) in [6, 6.07) is 12.5. The van der Waals surface area contributed by atoms with Crippen molar-refractivity contribution < 1.29 is 0 Å². The van der Waals surface area contributed by atoms with Gasteiger partial charge in [-0.1, -0.05) is 37.6 Å². The van der Waals surface area contributed by atoms with E-state index in [9.17, 15) is 0 Å². The molecule has 1 heterocycles. The Morgan fingerprint density at radius 1 is 1.28 bits per heavy atom. The van der Waals surface area contributed by atoms with E-state index in [1.54, 1.807) is 0 Å². The number of unbranched alkanes of at least 4 members (excludes halogenated alkanes) is 1. The molecule has 0 spiro atoms. The van der Waals surface area contributed by atoms with Gasteiger partial charge >= 0.3 is 0 Å². The molecule has 0 aliphatic carbocycles. The summed E-state index contributed by atoms with van der Waals surface area (Å²) in [6.07, 6.45) is 3.96. The topological polar surface area (TPSA) is 52.5 Å². The highest BCUT2D eigenvalue weighted by molar-refractivity contribution is 5.59. The molecule has 0 saturated carbocycles. The van der Waals surface area contributed by atoms with E-state index < -0.39 is 0 Å². The molecule has 0 radical (unpaired) electrons. The molecular weight excluding hydrogens is 222 g/mol. The van der Waals surface area contributed by atoms with Crippen molar-refractivity contribution in [1.29, 1.82) is 5.26 Å². The van der Waals surface area contributed by atoms with Crippen LogP contribution in [0.3, 0.4) is 0 Å². The highest BCUT2D eigenvalue weighted by atomic mass is 15.1. The molecule has 0 bridgehead atoms. The van der Waals surface area contributed by atoms with Gasteiger partial charge in [0.05, 0.1) is 18.2 Å². The van der Waals surface area contributed by atoms with E-state index in [1.165, 1.54) is 18.4 Å². The summed E-state index contributed by atoms with van der Waals surface area (Å²) in [4.78, 5) is 0. The summed E-state index contributed by atoms with van der Waals surface area (Å²) < 4.78 is 0. The van der Waals surface area contributed by atoms with Crippen molar-refractivity contribution in [2.45, 2.75) is 32.6 Å². The first kappa shape index (κ1) is 12.4. The number of aromatic amines is 1. The van der Waals surface area contributed by atoms with Crippen molar-refractivity contribution in [3.8, 4) is 17.3 Å². The number of aryl methyl sites for hydroxylation is 1. The Kier molecular flexibility index (Phi) is 4.14. The fourth-order valence-corrected chi connectivity index (χ4v) is 1.91. The van der Waals surface area contributed by atoms with Crippen LogP contribution in [0.15, 0.2) is 30.3 Å². The van der Waals surface area contributed by atoms with Crippen molar-refractivity contribution in [3.05, 3.63) is 41.6 Å². The van der Waals surface area contributed by atoms with E-state index in [0.717, 1.165) is 23.4 Å². The van der Waals surface area contributed by atoms with Gasteiger partial charge in [-0.3, -0.25) is 5.10 Å². The maximum atomic E-state index is 8.62. The van der Waals surface area contributed by atoms with E-state index in [1.807, 2.05) is 6.07 Å². The Morgan fingerprint density at radius 3 is 2.72 bits per heavy atom. The molecular formula is C15H17N3. The zero-order valence-corrected chi connectivity index (χ0v) is 10.6. The molecule has 3 heteroatoms. The maximum Gasteiger partial charge on any atom is 0.0923 e. The first-order valence-electron chi connectivity index (χ1n) is 6.34. The van der Waals surface area contributed by atoms with Crippen LogP contribution in [0.1, 0.15) is 31.0 Å². The van der Waals surface area contributed by atoms with Crippen LogP contribution in [-0.4, -0.2) is 10.2 Å². The molecule has 0 fully saturated rings. The van der Waals surface area contributed by atoms with Crippen LogP contribution in [0.4, 0.5) is 0 Å². The molecule has 2 aromatic rings. The molecule has 1 aromatic carbocycles. The lowest BCUT2D eigenvalue weighted by Gasteiger charge is -2.01. The number of nitrogens with one attached hydrogen (secondary N) is 1. The van der Waals surface area contributed by atoms with Crippen molar-refractivity contribution in [1.82, 2.24) is 10.2 Å². The molecule has 0 aliphatic rings. The Hall–Kier alpha value is -2.08. The minimum atomic E-state index is 0.377. The lowest BCUT2D eigenvalue weighted by Crippen LogP contribution is -1.85. The molecule has 0 amide bonds. The summed E-state index contributed by atoms with van der Waals surface area (Å²) in [6.45, 7) is 2.20. The lowest BCUT2D eigenvalue weighted by molar-refractivity contribution is 0.795. The summed E-state index contributed by atoms with van der Waals surface area (Å²) in [7, 11) is 0. The average Bonchev–Trinajstić information content (AvgIpc) is 2.86. The largest absolute Gasteiger partial charge is 0.281 e. The lowest BCUT2D eigenvalue weighted by atomic mass is 10.0. The van der Waals surface area contributed by atoms with Crippen LogP contribution in [0.2, 0.25) is 0 Å². The van der Waals surface area contributed by atoms with Gasteiger partial charge in [0.2, 0.25) is 0 Å². The van der Waals surface area contributed by atoms with Gasteiger partial charge in [-0.25, -0.2) is 0 Å². The summed E-state index contributed by atoms with van der Waals surface area (Å²) in [5.74, 6) is 0. The van der Waals surface area contributed by atoms with Crippen LogP contribution >= 0.6 is 0 Å². The van der Waals surface area contributed by atoms with Crippen LogP contribution < -0.4 is 0 Å². The highest BCUT2D eigenvalue weighted by Crippen LogP contribution is 2.19. The normalized spacial score (nSPS) is 10.2. The number of rotatable bonds is 5. The van der Waals surface area contributed by atoms with Crippen LogP contribution in [-0.2, 0) is 12.8 Å². The standard InChI is InChI=1S/C15H17N3/c1-2-3-4-12-5-7-13(8-6-12)15-11-14(9-10-16)17-18-15/h5-8,11H,2-4,9H2,1H3,(H,17,18). The van der Waals surface area contributed by atoms with Gasteiger partial charge in [0.15, 0.2) is 0 Å². The zero-order chi connectivity index (χ0) is 12.8. The minimum absolute atomic E-state index is 0.377. The predicted molar refractivity (Wildman–Crippen MR) is 72.0 cm³/mol. The average molecular weight is 239 g/mol. The van der Waals surface area contributed by atoms with Gasteiger partial charge in [0.25, 0.3) is 0 Å². The molecule has 3 nitrogen and oxygen atoms in total. The Balaban J connectivity index is 2.10. The van der Waals surface area contributed by atoms with Gasteiger partial charge in [-0.2, -0.15) is 10.4 Å². The van der Waals surface area contributed by atoms with E-state index in [0.29, 0.717) is 6.42 Å². The first-order chi connectivity index (χ1) is 8.83. The Bertz CT molecular complexity index is 532. The Morgan fingerprint density at radius 2 is 2.06 bits per heavy atom. The summed E-state index contributed by atoms with van der Waals surface area (Å²) in [5, 5.41) is 15.7. The first-order valence-corrected chi connectivity index (χ1v) is 6.34. The third kappa shape index (κ3) is 2.98. The molecule has 0 saturated heterocycles. The second-order valence-corrected chi connectivity index (χ2v) is 4.41. The van der Waals surface area contributed by atoms with Crippen LogP contribution in [0, 0.1) is 11.3 Å². The van der Waals surface area contributed by atoms with Crippen molar-refractivity contribution in [3.63, 3.8) is 0 Å². The second-order valence-electron chi connectivity index (χ2n) is 4.41. The molecule has 0 atom stereocenters. The van der Waals surface area contributed by atoms with E-state index >= 15 is 0 Å². The number of benzene rings is 1. The fourth-order valence-electron chi connectivity index (χ4n) is 1.91. The monoisotopic (exact) mass is 239 g/mol. The van der Waals surface area contributed by atoms with Gasteiger partial charge in [0, 0.05) is 11.3 Å². The second kappa shape index (κ2) is 6.02. The van der Waals surface area contributed by atoms with Crippen molar-refractivity contribution in [2.75, 3.05) is 0 Å². The maximum absolute atomic E-state index is 8.62. The number of nitrogens with zero attached hydrogens (tertiary/aromatic N) is 2. The number of hydrogen-bond donors (Lipinski definition) is 1. The van der Waals surface area contributed by atoms with Gasteiger partial charge in [-0.05, 0) is 24.5 Å². The number of aromatic nitrogens is 2. The molecule has 0 aliphatic heterocycles. The van der Waals surface area contributed by atoms with E-state index in [2.05, 4.69) is 47.5 Å². The number of nitriles is 1. The number of H-pyrrole nitrogens is 1. The molecule has 0 unspecified atom stereocenters. The SMILES string of the molecule is CCCCc1ccc(-c2cc(CC#N)[nH]n2)cc1. The Labute approximate surface area is 107 Å². The van der Waals surface area contributed by atoms with E-state index in [4.69, 9.17) is 5.26 Å². The fraction of sp³-hybridized carbons (Fsp3) is 0.333. The zero-order valence-electron chi connectivity index (χ0n) is 10.6. The van der Waals surface area contributed by atoms with Gasteiger partial charge in [0.1, 0.15) is 0 Å². The molecule has 2 rings (SSSR count). The highest BCUT2D eigenvalue weighted by Gasteiger charge is 2.03. The quantitative estimate of drug-likeness (QED) is 0.868. The van der Waals surface area contributed by atoms with Crippen LogP contribution in [0.25, 0.3) is 11.3 Å². The van der Waals surface area contributed by atoms with Gasteiger partial charge < -0.3 is 0 Å². The van der Waals surface area contributed by atoms with Gasteiger partial charge in [-0.15, -0.1) is 0 Å². The van der Waals surface area contributed by atoms with E-state index in [-0.39, 0.29) is 0 Å². The molecule has 1 aromatic heterocycles. The predicted octanol–water partition coefficient (Wildman–Crippen LogP) is 3.49. The summed E-state index contributed by atoms with van der Waals surface area (Å²) in [5.41, 5.74) is 4.23.